The lowest BCUT2D eigenvalue weighted by atomic mass is 9.75. The van der Waals surface area contributed by atoms with E-state index in [2.05, 4.69) is 17.4 Å². The number of hydrogen-bond donors (Lipinski definition) is 4. The first-order valence-corrected chi connectivity index (χ1v) is 9.26. The van der Waals surface area contributed by atoms with Crippen molar-refractivity contribution >= 4 is 17.9 Å². The van der Waals surface area contributed by atoms with Crippen LogP contribution in [0.3, 0.4) is 0 Å². The van der Waals surface area contributed by atoms with Gasteiger partial charge in [0.2, 0.25) is 11.8 Å². The number of likely N-dealkylation sites (tertiary alicyclic amines) is 1. The molecule has 0 bridgehead atoms. The summed E-state index contributed by atoms with van der Waals surface area (Å²) in [5.41, 5.74) is 2.83. The van der Waals surface area contributed by atoms with Gasteiger partial charge in [-0.3, -0.25) is 14.8 Å². The normalized spacial score (nSPS) is 27.8. The van der Waals surface area contributed by atoms with Crippen LogP contribution in [0.5, 0.6) is 0 Å². The van der Waals surface area contributed by atoms with Crippen LogP contribution in [-0.4, -0.2) is 52.3 Å². The maximum Gasteiger partial charge on any atom is 0.404 e. The molecule has 1 saturated heterocycles. The molecule has 0 unspecified atom stereocenters. The Morgan fingerprint density at radius 3 is 2.44 bits per heavy atom. The van der Waals surface area contributed by atoms with E-state index in [-0.39, 0.29) is 18.2 Å². The van der Waals surface area contributed by atoms with Crippen molar-refractivity contribution in [3.8, 4) is 0 Å². The minimum absolute atomic E-state index is 0.0872. The van der Waals surface area contributed by atoms with Gasteiger partial charge in [0.25, 0.3) is 0 Å². The molecule has 2 fully saturated rings. The first kappa shape index (κ1) is 19.2. The third-order valence-corrected chi connectivity index (χ3v) is 5.71. The third-order valence-electron chi connectivity index (χ3n) is 5.71. The molecule has 4 atom stereocenters. The summed E-state index contributed by atoms with van der Waals surface area (Å²) in [4.78, 5) is 37.8. The largest absolute Gasteiger partial charge is 0.465 e. The molecule has 1 saturated carbocycles. The van der Waals surface area contributed by atoms with Gasteiger partial charge in [-0.15, -0.1) is 0 Å². The van der Waals surface area contributed by atoms with Crippen LogP contribution in [0, 0.1) is 11.8 Å². The molecule has 8 nitrogen and oxygen atoms in total. The zero-order chi connectivity index (χ0) is 19.4. The molecule has 1 aliphatic heterocycles. The maximum atomic E-state index is 13.1. The zero-order valence-electron chi connectivity index (χ0n) is 15.0. The highest BCUT2D eigenvalue weighted by Crippen LogP contribution is 2.35. The Bertz CT molecular complexity index is 696. The summed E-state index contributed by atoms with van der Waals surface area (Å²) in [7, 11) is 0. The second-order valence-corrected chi connectivity index (χ2v) is 7.33. The van der Waals surface area contributed by atoms with Crippen molar-refractivity contribution < 1.29 is 24.7 Å². The average molecular weight is 375 g/mol. The number of hydroxylamine groups is 1. The monoisotopic (exact) mass is 375 g/mol. The van der Waals surface area contributed by atoms with E-state index in [0.29, 0.717) is 25.9 Å². The third kappa shape index (κ3) is 4.39. The van der Waals surface area contributed by atoms with Crippen LogP contribution in [0.15, 0.2) is 30.3 Å². The van der Waals surface area contributed by atoms with E-state index in [1.54, 1.807) is 10.4 Å². The van der Waals surface area contributed by atoms with Crippen molar-refractivity contribution in [1.82, 2.24) is 15.7 Å². The van der Waals surface area contributed by atoms with E-state index < -0.39 is 29.9 Å². The van der Waals surface area contributed by atoms with Crippen LogP contribution in [0.2, 0.25) is 0 Å². The van der Waals surface area contributed by atoms with Gasteiger partial charge in [0.15, 0.2) is 0 Å². The van der Waals surface area contributed by atoms with E-state index in [9.17, 15) is 14.4 Å². The number of carbonyl (C=O) groups excluding carboxylic acids is 2. The smallest absolute Gasteiger partial charge is 0.404 e. The summed E-state index contributed by atoms with van der Waals surface area (Å²) in [5, 5.41) is 20.3. The van der Waals surface area contributed by atoms with Crippen molar-refractivity contribution in [2.75, 3.05) is 13.1 Å². The summed E-state index contributed by atoms with van der Waals surface area (Å²) in [6, 6.07) is 9.65. The Morgan fingerprint density at radius 1 is 1.04 bits per heavy atom. The summed E-state index contributed by atoms with van der Waals surface area (Å²) >= 11 is 0. The van der Waals surface area contributed by atoms with E-state index in [0.717, 1.165) is 6.42 Å². The second-order valence-electron chi connectivity index (χ2n) is 7.33. The van der Waals surface area contributed by atoms with E-state index >= 15 is 0 Å². The molecule has 1 aliphatic carbocycles. The molecule has 0 spiro atoms. The average Bonchev–Trinajstić information content (AvgIpc) is 3.17. The van der Waals surface area contributed by atoms with Gasteiger partial charge in [-0.25, -0.2) is 10.3 Å². The lowest BCUT2D eigenvalue weighted by Gasteiger charge is -2.35. The molecule has 1 aromatic carbocycles. The van der Waals surface area contributed by atoms with Gasteiger partial charge in [0, 0.05) is 31.0 Å². The van der Waals surface area contributed by atoms with Crippen molar-refractivity contribution in [1.29, 1.82) is 0 Å². The van der Waals surface area contributed by atoms with Crippen molar-refractivity contribution in [2.45, 2.75) is 37.6 Å². The number of nitrogens with zero attached hydrogens (tertiary/aromatic N) is 1. The molecule has 3 amide bonds. The number of carboxylic acid groups (broad SMARTS) is 1. The predicted molar refractivity (Wildman–Crippen MR) is 96.1 cm³/mol. The summed E-state index contributed by atoms with van der Waals surface area (Å²) in [6.07, 6.45) is 0.828. The van der Waals surface area contributed by atoms with Crippen molar-refractivity contribution in [3.63, 3.8) is 0 Å². The maximum absolute atomic E-state index is 13.1. The van der Waals surface area contributed by atoms with Gasteiger partial charge >= 0.3 is 6.09 Å². The Kier molecular flexibility index (Phi) is 5.95. The van der Waals surface area contributed by atoms with Gasteiger partial charge in [-0.05, 0) is 31.2 Å². The molecule has 27 heavy (non-hydrogen) atoms. The molecule has 8 heteroatoms. The minimum Gasteiger partial charge on any atom is -0.465 e. The van der Waals surface area contributed by atoms with Crippen LogP contribution < -0.4 is 10.8 Å². The number of carbonyl (C=O) groups is 3. The standard InChI is InChI=1S/C19H25N3O5/c23-17(21-27)16-10-14(20-19(25)26)6-7-15(16)18(24)22-9-8-13(11-22)12-4-2-1-3-5-12/h1-5,13-16,20,27H,6-11H2,(H,21,23)(H,25,26)/t13-,14-,15-,16-/m0/s1. The molecule has 0 radical (unpaired) electrons. The van der Waals surface area contributed by atoms with E-state index in [1.807, 2.05) is 18.2 Å². The Balaban J connectivity index is 1.67. The van der Waals surface area contributed by atoms with Gasteiger partial charge < -0.3 is 15.3 Å². The highest BCUT2D eigenvalue weighted by Gasteiger charge is 2.42. The molecule has 3 rings (SSSR count). The zero-order valence-corrected chi connectivity index (χ0v) is 15.0. The number of nitrogens with one attached hydrogen (secondary N) is 2. The molecular weight excluding hydrogens is 350 g/mol. The number of amides is 3. The molecule has 1 heterocycles. The fourth-order valence-corrected chi connectivity index (χ4v) is 4.34. The fourth-order valence-electron chi connectivity index (χ4n) is 4.34. The molecule has 146 valence electrons. The quantitative estimate of drug-likeness (QED) is 0.470. The summed E-state index contributed by atoms with van der Waals surface area (Å²) in [5.74, 6) is -1.73. The van der Waals surface area contributed by atoms with Gasteiger partial charge in [0.05, 0.1) is 5.92 Å². The van der Waals surface area contributed by atoms with Crippen molar-refractivity contribution in [3.05, 3.63) is 35.9 Å². The van der Waals surface area contributed by atoms with Gasteiger partial charge in [0.1, 0.15) is 0 Å². The van der Waals surface area contributed by atoms with Crippen LogP contribution in [0.4, 0.5) is 4.79 Å². The van der Waals surface area contributed by atoms with Crippen molar-refractivity contribution in [2.24, 2.45) is 11.8 Å². The van der Waals surface area contributed by atoms with Crippen LogP contribution in [0.25, 0.3) is 0 Å². The lowest BCUT2D eigenvalue weighted by molar-refractivity contribution is -0.146. The first-order valence-electron chi connectivity index (χ1n) is 9.26. The minimum atomic E-state index is -1.15. The molecular formula is C19H25N3O5. The lowest BCUT2D eigenvalue weighted by Crippen LogP contribution is -2.49. The topological polar surface area (TPSA) is 119 Å². The first-order chi connectivity index (χ1) is 13.0. The van der Waals surface area contributed by atoms with Gasteiger partial charge in [-0.2, -0.15) is 0 Å². The van der Waals surface area contributed by atoms with Crippen LogP contribution >= 0.6 is 0 Å². The van der Waals surface area contributed by atoms with E-state index in [4.69, 9.17) is 10.3 Å². The van der Waals surface area contributed by atoms with Crippen LogP contribution in [0.1, 0.15) is 37.2 Å². The molecule has 0 aromatic heterocycles. The second kappa shape index (κ2) is 8.39. The highest BCUT2D eigenvalue weighted by atomic mass is 16.5. The van der Waals surface area contributed by atoms with Gasteiger partial charge in [-0.1, -0.05) is 30.3 Å². The Hall–Kier alpha value is -2.61. The Labute approximate surface area is 157 Å². The SMILES string of the molecule is O=C(O)N[C@H]1CC[C@H](C(=O)N2CC[C@H](c3ccccc3)C2)[C@@H](C(=O)NO)C1. The number of hydrogen-bond acceptors (Lipinski definition) is 4. The Morgan fingerprint density at radius 2 is 1.78 bits per heavy atom. The van der Waals surface area contributed by atoms with Crippen LogP contribution in [-0.2, 0) is 9.59 Å². The molecule has 1 aromatic rings. The molecule has 2 aliphatic rings. The summed E-state index contributed by atoms with van der Waals surface area (Å²) in [6.45, 7) is 1.25. The molecule has 4 N–H and O–H groups in total. The van der Waals surface area contributed by atoms with E-state index in [1.165, 1.54) is 5.56 Å². The summed E-state index contributed by atoms with van der Waals surface area (Å²) < 4.78 is 0. The fraction of sp³-hybridized carbons (Fsp3) is 0.526. The number of benzene rings is 1. The predicted octanol–water partition coefficient (Wildman–Crippen LogP) is 1.56. The highest BCUT2D eigenvalue weighted by molar-refractivity contribution is 5.87. The number of rotatable bonds is 4.